The molecule has 110 valence electrons. The van der Waals surface area contributed by atoms with Gasteiger partial charge in [-0.15, -0.1) is 0 Å². The molecule has 2 N–H and O–H groups in total. The summed E-state index contributed by atoms with van der Waals surface area (Å²) < 4.78 is 0. The van der Waals surface area contributed by atoms with Crippen molar-refractivity contribution in [2.45, 2.75) is 26.3 Å². The van der Waals surface area contributed by atoms with Gasteiger partial charge in [0.25, 0.3) is 5.91 Å². The Morgan fingerprint density at radius 1 is 1.24 bits per heavy atom. The summed E-state index contributed by atoms with van der Waals surface area (Å²) in [7, 11) is 0. The van der Waals surface area contributed by atoms with Crippen LogP contribution in [0.15, 0.2) is 30.5 Å². The normalized spacial score (nSPS) is 12.3. The summed E-state index contributed by atoms with van der Waals surface area (Å²) in [5.41, 5.74) is 1.52. The van der Waals surface area contributed by atoms with Crippen molar-refractivity contribution in [1.29, 1.82) is 0 Å². The molecule has 0 spiro atoms. The van der Waals surface area contributed by atoms with E-state index in [1.807, 2.05) is 32.0 Å². The molecule has 0 saturated carbocycles. The van der Waals surface area contributed by atoms with Crippen LogP contribution in [0.1, 0.15) is 30.8 Å². The number of amides is 1. The molecule has 2 aromatic rings. The minimum Gasteiger partial charge on any atom is -0.481 e. The highest BCUT2D eigenvalue weighted by Crippen LogP contribution is 2.10. The smallest absolute Gasteiger partial charge is 0.305 e. The van der Waals surface area contributed by atoms with Crippen LogP contribution in [0.2, 0.25) is 0 Å². The number of aromatic nitrogens is 2. The van der Waals surface area contributed by atoms with Crippen molar-refractivity contribution in [2.75, 3.05) is 0 Å². The number of nitrogens with one attached hydrogen (secondary N) is 1. The SMILES string of the molecule is CC(C)C(CC(=O)O)NC(=O)c1cnc2ccccc2n1. The lowest BCUT2D eigenvalue weighted by atomic mass is 10.0. The summed E-state index contributed by atoms with van der Waals surface area (Å²) in [5.74, 6) is -1.34. The molecule has 0 fully saturated rings. The molecule has 0 aliphatic carbocycles. The van der Waals surface area contributed by atoms with E-state index in [-0.39, 0.29) is 18.0 Å². The number of carboxylic acids is 1. The molecule has 0 saturated heterocycles. The van der Waals surface area contributed by atoms with Crippen LogP contribution in [0, 0.1) is 5.92 Å². The molecule has 1 amide bonds. The van der Waals surface area contributed by atoms with Crippen molar-refractivity contribution in [3.8, 4) is 0 Å². The number of hydrogen-bond donors (Lipinski definition) is 2. The third kappa shape index (κ3) is 3.75. The van der Waals surface area contributed by atoms with E-state index in [1.165, 1.54) is 6.20 Å². The Bertz CT molecular complexity index is 670. The van der Waals surface area contributed by atoms with Crippen LogP contribution in [0.25, 0.3) is 11.0 Å². The quantitative estimate of drug-likeness (QED) is 0.875. The molecule has 0 aliphatic heterocycles. The van der Waals surface area contributed by atoms with E-state index in [0.29, 0.717) is 11.0 Å². The Hall–Kier alpha value is -2.50. The van der Waals surface area contributed by atoms with E-state index in [9.17, 15) is 9.59 Å². The van der Waals surface area contributed by atoms with E-state index >= 15 is 0 Å². The summed E-state index contributed by atoms with van der Waals surface area (Å²) in [6.45, 7) is 3.72. The molecule has 1 heterocycles. The van der Waals surface area contributed by atoms with E-state index in [0.717, 1.165) is 0 Å². The summed E-state index contributed by atoms with van der Waals surface area (Å²) in [6.07, 6.45) is 1.28. The van der Waals surface area contributed by atoms with Gasteiger partial charge in [-0.2, -0.15) is 0 Å². The van der Waals surface area contributed by atoms with Gasteiger partial charge in [0.15, 0.2) is 0 Å². The summed E-state index contributed by atoms with van der Waals surface area (Å²) in [6, 6.07) is 6.81. The van der Waals surface area contributed by atoms with Gasteiger partial charge in [0.1, 0.15) is 5.69 Å². The Morgan fingerprint density at radius 3 is 2.52 bits per heavy atom. The maximum Gasteiger partial charge on any atom is 0.305 e. The van der Waals surface area contributed by atoms with Gasteiger partial charge in [-0.05, 0) is 18.1 Å². The highest BCUT2D eigenvalue weighted by Gasteiger charge is 2.21. The fraction of sp³-hybridized carbons (Fsp3) is 0.333. The molecule has 1 aromatic heterocycles. The number of hydrogen-bond acceptors (Lipinski definition) is 4. The number of rotatable bonds is 5. The van der Waals surface area contributed by atoms with E-state index in [2.05, 4.69) is 15.3 Å². The van der Waals surface area contributed by atoms with Crippen molar-refractivity contribution in [1.82, 2.24) is 15.3 Å². The highest BCUT2D eigenvalue weighted by molar-refractivity contribution is 5.94. The number of fused-ring (bicyclic) bond motifs is 1. The van der Waals surface area contributed by atoms with E-state index in [4.69, 9.17) is 5.11 Å². The molecular weight excluding hydrogens is 270 g/mol. The average Bonchev–Trinajstić information content (AvgIpc) is 2.45. The molecular formula is C15H17N3O3. The van der Waals surface area contributed by atoms with Gasteiger partial charge in [-0.1, -0.05) is 26.0 Å². The van der Waals surface area contributed by atoms with Crippen LogP contribution in [0.5, 0.6) is 0 Å². The van der Waals surface area contributed by atoms with Gasteiger partial charge in [0.05, 0.1) is 23.7 Å². The minimum atomic E-state index is -0.946. The van der Waals surface area contributed by atoms with Crippen LogP contribution in [-0.4, -0.2) is 33.0 Å². The topological polar surface area (TPSA) is 92.2 Å². The van der Waals surface area contributed by atoms with Crippen LogP contribution < -0.4 is 5.32 Å². The van der Waals surface area contributed by atoms with Crippen LogP contribution in [-0.2, 0) is 4.79 Å². The third-order valence-corrected chi connectivity index (χ3v) is 3.20. The number of nitrogens with zero attached hydrogens (tertiary/aromatic N) is 2. The molecule has 6 nitrogen and oxygen atoms in total. The van der Waals surface area contributed by atoms with Crippen LogP contribution >= 0.6 is 0 Å². The van der Waals surface area contributed by atoms with Gasteiger partial charge < -0.3 is 10.4 Å². The predicted molar refractivity (Wildman–Crippen MR) is 77.9 cm³/mol. The molecule has 0 bridgehead atoms. The zero-order valence-corrected chi connectivity index (χ0v) is 11.9. The van der Waals surface area contributed by atoms with Crippen molar-refractivity contribution in [3.05, 3.63) is 36.2 Å². The Morgan fingerprint density at radius 2 is 1.90 bits per heavy atom. The molecule has 6 heteroatoms. The van der Waals surface area contributed by atoms with Gasteiger partial charge in [0, 0.05) is 6.04 Å². The molecule has 0 radical (unpaired) electrons. The lowest BCUT2D eigenvalue weighted by Gasteiger charge is -2.20. The van der Waals surface area contributed by atoms with Crippen LogP contribution in [0.4, 0.5) is 0 Å². The first-order chi connectivity index (χ1) is 9.97. The molecule has 0 aliphatic rings. The second-order valence-corrected chi connectivity index (χ2v) is 5.17. The number of carbonyl (C=O) groups excluding carboxylic acids is 1. The number of aliphatic carboxylic acids is 1. The number of para-hydroxylation sites is 2. The second kappa shape index (κ2) is 6.30. The van der Waals surface area contributed by atoms with Crippen molar-refractivity contribution < 1.29 is 14.7 Å². The molecule has 1 unspecified atom stereocenters. The fourth-order valence-electron chi connectivity index (χ4n) is 1.95. The average molecular weight is 287 g/mol. The monoisotopic (exact) mass is 287 g/mol. The van der Waals surface area contributed by atoms with E-state index < -0.39 is 17.9 Å². The zero-order valence-electron chi connectivity index (χ0n) is 11.9. The Kier molecular flexibility index (Phi) is 4.47. The Labute approximate surface area is 122 Å². The van der Waals surface area contributed by atoms with Crippen molar-refractivity contribution in [2.24, 2.45) is 5.92 Å². The molecule has 1 aromatic carbocycles. The van der Waals surface area contributed by atoms with E-state index in [1.54, 1.807) is 6.07 Å². The summed E-state index contributed by atoms with van der Waals surface area (Å²) in [5, 5.41) is 11.6. The highest BCUT2D eigenvalue weighted by atomic mass is 16.4. The summed E-state index contributed by atoms with van der Waals surface area (Å²) in [4.78, 5) is 31.4. The second-order valence-electron chi connectivity index (χ2n) is 5.17. The minimum absolute atomic E-state index is 0.0125. The number of carboxylic acid groups (broad SMARTS) is 1. The first-order valence-corrected chi connectivity index (χ1v) is 6.72. The lowest BCUT2D eigenvalue weighted by molar-refractivity contribution is -0.137. The van der Waals surface area contributed by atoms with Crippen molar-refractivity contribution >= 4 is 22.9 Å². The first kappa shape index (κ1) is 14.9. The summed E-state index contributed by atoms with van der Waals surface area (Å²) >= 11 is 0. The van der Waals surface area contributed by atoms with Gasteiger partial charge in [-0.25, -0.2) is 4.98 Å². The lowest BCUT2D eigenvalue weighted by Crippen LogP contribution is -2.40. The van der Waals surface area contributed by atoms with Crippen LogP contribution in [0.3, 0.4) is 0 Å². The predicted octanol–water partition coefficient (Wildman–Crippen LogP) is 1.86. The maximum absolute atomic E-state index is 12.2. The van der Waals surface area contributed by atoms with Gasteiger partial charge in [0.2, 0.25) is 0 Å². The first-order valence-electron chi connectivity index (χ1n) is 6.72. The molecule has 2 rings (SSSR count). The largest absolute Gasteiger partial charge is 0.481 e. The van der Waals surface area contributed by atoms with Crippen molar-refractivity contribution in [3.63, 3.8) is 0 Å². The standard InChI is InChI=1S/C15H17N3O3/c1-9(2)12(7-14(19)20)18-15(21)13-8-16-10-5-3-4-6-11(10)17-13/h3-6,8-9,12H,7H2,1-2H3,(H,18,21)(H,19,20). The molecule has 1 atom stereocenters. The number of benzene rings is 1. The maximum atomic E-state index is 12.2. The Balaban J connectivity index is 2.18. The molecule has 21 heavy (non-hydrogen) atoms. The van der Waals surface area contributed by atoms with Gasteiger partial charge in [-0.3, -0.25) is 14.6 Å². The fourth-order valence-corrected chi connectivity index (χ4v) is 1.95. The third-order valence-electron chi connectivity index (χ3n) is 3.20. The van der Waals surface area contributed by atoms with Gasteiger partial charge >= 0.3 is 5.97 Å². The number of carbonyl (C=O) groups is 2. The zero-order chi connectivity index (χ0) is 15.4.